The van der Waals surface area contributed by atoms with Gasteiger partial charge in [-0.25, -0.2) is 8.78 Å². The van der Waals surface area contributed by atoms with Crippen molar-refractivity contribution in [3.8, 4) is 6.07 Å². The third kappa shape index (κ3) is 2.22. The van der Waals surface area contributed by atoms with Crippen molar-refractivity contribution in [2.75, 3.05) is 18.0 Å². The number of hydrogen-bond acceptors (Lipinski definition) is 4. The van der Waals surface area contributed by atoms with E-state index in [4.69, 9.17) is 5.26 Å². The van der Waals surface area contributed by atoms with E-state index < -0.39 is 17.4 Å². The molecule has 1 saturated heterocycles. The van der Waals surface area contributed by atoms with Crippen molar-refractivity contribution >= 4 is 11.4 Å². The van der Waals surface area contributed by atoms with Crippen molar-refractivity contribution < 1.29 is 13.7 Å². The number of halogens is 2. The second-order valence-electron chi connectivity index (χ2n) is 4.10. The van der Waals surface area contributed by atoms with Crippen molar-refractivity contribution in [1.29, 1.82) is 5.26 Å². The summed E-state index contributed by atoms with van der Waals surface area (Å²) in [5, 5.41) is 19.6. The summed E-state index contributed by atoms with van der Waals surface area (Å²) in [4.78, 5) is 11.5. The molecule has 0 radical (unpaired) electrons. The van der Waals surface area contributed by atoms with Gasteiger partial charge in [0.05, 0.1) is 23.1 Å². The second kappa shape index (κ2) is 4.22. The molecule has 1 aromatic rings. The molecule has 1 heterocycles. The van der Waals surface area contributed by atoms with Crippen LogP contribution in [0.15, 0.2) is 18.2 Å². The van der Waals surface area contributed by atoms with Crippen LogP contribution in [-0.2, 0) is 0 Å². The van der Waals surface area contributed by atoms with Crippen LogP contribution in [0.2, 0.25) is 0 Å². The monoisotopic (exact) mass is 253 g/mol. The lowest BCUT2D eigenvalue weighted by Gasteiger charge is -2.17. The Morgan fingerprint density at radius 3 is 2.72 bits per heavy atom. The molecule has 1 aromatic carbocycles. The normalized spacial score (nSPS) is 17.5. The maximum Gasteiger partial charge on any atom is 0.293 e. The van der Waals surface area contributed by atoms with Gasteiger partial charge < -0.3 is 4.90 Å². The predicted octanol–water partition coefficient (Wildman–Crippen LogP) is 2.31. The number of nitriles is 1. The molecule has 2 rings (SSSR count). The number of nitro benzene ring substituents is 1. The molecule has 7 heteroatoms. The summed E-state index contributed by atoms with van der Waals surface area (Å²) in [7, 11) is 0. The highest BCUT2D eigenvalue weighted by molar-refractivity contribution is 5.66. The minimum atomic E-state index is -2.82. The van der Waals surface area contributed by atoms with Crippen LogP contribution in [0.1, 0.15) is 12.0 Å². The van der Waals surface area contributed by atoms with Gasteiger partial charge in [-0.3, -0.25) is 10.1 Å². The Kier molecular flexibility index (Phi) is 2.87. The number of rotatable bonds is 2. The average molecular weight is 253 g/mol. The second-order valence-corrected chi connectivity index (χ2v) is 4.10. The van der Waals surface area contributed by atoms with E-state index in [2.05, 4.69) is 0 Å². The minimum absolute atomic E-state index is 0.0692. The predicted molar refractivity (Wildman–Crippen MR) is 59.6 cm³/mol. The van der Waals surface area contributed by atoms with Crippen LogP contribution < -0.4 is 4.90 Å². The lowest BCUT2D eigenvalue weighted by Crippen LogP contribution is -2.25. The van der Waals surface area contributed by atoms with Crippen molar-refractivity contribution in [2.24, 2.45) is 0 Å². The van der Waals surface area contributed by atoms with E-state index in [0.29, 0.717) is 0 Å². The molecule has 0 N–H and O–H groups in total. The molecule has 5 nitrogen and oxygen atoms in total. The molecule has 0 aromatic heterocycles. The van der Waals surface area contributed by atoms with Crippen LogP contribution in [0.25, 0.3) is 0 Å². The standard InChI is InChI=1S/C11H9F2N3O2/c12-11(13)3-4-15(7-11)9-2-1-8(6-14)5-10(9)16(17)18/h1-2,5H,3-4,7H2. The van der Waals surface area contributed by atoms with Gasteiger partial charge in [-0.1, -0.05) is 0 Å². The molecule has 1 aliphatic rings. The number of nitro groups is 1. The van der Waals surface area contributed by atoms with Gasteiger partial charge in [-0.05, 0) is 12.1 Å². The SMILES string of the molecule is N#Cc1ccc(N2CCC(F)(F)C2)c([N+](=O)[O-])c1. The van der Waals surface area contributed by atoms with E-state index >= 15 is 0 Å². The number of benzene rings is 1. The maximum absolute atomic E-state index is 13.1. The zero-order chi connectivity index (χ0) is 13.3. The Morgan fingerprint density at radius 2 is 2.22 bits per heavy atom. The Balaban J connectivity index is 2.40. The first-order valence-electron chi connectivity index (χ1n) is 5.24. The number of alkyl halides is 2. The fourth-order valence-electron chi connectivity index (χ4n) is 1.95. The van der Waals surface area contributed by atoms with Crippen LogP contribution in [0.5, 0.6) is 0 Å². The largest absolute Gasteiger partial charge is 0.360 e. The maximum atomic E-state index is 13.1. The summed E-state index contributed by atoms with van der Waals surface area (Å²) in [5.74, 6) is -2.82. The van der Waals surface area contributed by atoms with Gasteiger partial charge in [0.25, 0.3) is 11.6 Å². The first-order chi connectivity index (χ1) is 8.43. The highest BCUT2D eigenvalue weighted by Crippen LogP contribution is 2.36. The van der Waals surface area contributed by atoms with Crippen LogP contribution in [0.3, 0.4) is 0 Å². The lowest BCUT2D eigenvalue weighted by molar-refractivity contribution is -0.384. The highest BCUT2D eigenvalue weighted by atomic mass is 19.3. The Hall–Kier alpha value is -2.23. The molecular weight excluding hydrogens is 244 g/mol. The van der Waals surface area contributed by atoms with E-state index in [1.165, 1.54) is 17.0 Å². The molecule has 0 spiro atoms. The Bertz CT molecular complexity index is 540. The lowest BCUT2D eigenvalue weighted by atomic mass is 10.2. The number of anilines is 1. The number of hydrogen-bond donors (Lipinski definition) is 0. The number of nitrogens with zero attached hydrogens (tertiary/aromatic N) is 3. The van der Waals surface area contributed by atoms with Crippen LogP contribution in [-0.4, -0.2) is 23.9 Å². The van der Waals surface area contributed by atoms with Crippen molar-refractivity contribution in [3.63, 3.8) is 0 Å². The van der Waals surface area contributed by atoms with E-state index in [-0.39, 0.29) is 29.9 Å². The fourth-order valence-corrected chi connectivity index (χ4v) is 1.95. The smallest absolute Gasteiger partial charge is 0.293 e. The summed E-state index contributed by atoms with van der Waals surface area (Å²) in [6, 6.07) is 5.62. The molecule has 0 aliphatic carbocycles. The molecule has 18 heavy (non-hydrogen) atoms. The molecular formula is C11H9F2N3O2. The summed E-state index contributed by atoms with van der Waals surface area (Å²) < 4.78 is 26.2. The highest BCUT2D eigenvalue weighted by Gasteiger charge is 2.40. The molecule has 0 atom stereocenters. The molecule has 0 amide bonds. The average Bonchev–Trinajstić information content (AvgIpc) is 2.68. The zero-order valence-corrected chi connectivity index (χ0v) is 9.27. The van der Waals surface area contributed by atoms with E-state index in [1.54, 1.807) is 6.07 Å². The molecule has 1 aliphatic heterocycles. The first-order valence-corrected chi connectivity index (χ1v) is 5.24. The minimum Gasteiger partial charge on any atom is -0.360 e. The summed E-state index contributed by atoms with van der Waals surface area (Å²) in [6.07, 6.45) is -0.315. The van der Waals surface area contributed by atoms with Crippen LogP contribution >= 0.6 is 0 Å². The van der Waals surface area contributed by atoms with Gasteiger partial charge in [-0.15, -0.1) is 0 Å². The third-order valence-electron chi connectivity index (χ3n) is 2.81. The summed E-state index contributed by atoms with van der Waals surface area (Å²) in [6.45, 7) is -0.459. The zero-order valence-electron chi connectivity index (χ0n) is 9.27. The van der Waals surface area contributed by atoms with Gasteiger partial charge in [-0.2, -0.15) is 5.26 Å². The van der Waals surface area contributed by atoms with E-state index in [1.807, 2.05) is 0 Å². The van der Waals surface area contributed by atoms with E-state index in [0.717, 1.165) is 6.07 Å². The first kappa shape index (κ1) is 12.2. The Labute approximate surface area is 101 Å². The fraction of sp³-hybridized carbons (Fsp3) is 0.364. The summed E-state index contributed by atoms with van der Waals surface area (Å²) in [5.41, 5.74) is -0.0423. The van der Waals surface area contributed by atoms with Crippen molar-refractivity contribution in [2.45, 2.75) is 12.3 Å². The topological polar surface area (TPSA) is 70.2 Å². The quantitative estimate of drug-likeness (QED) is 0.599. The van der Waals surface area contributed by atoms with Gasteiger partial charge in [0.15, 0.2) is 0 Å². The van der Waals surface area contributed by atoms with Gasteiger partial charge in [0, 0.05) is 19.0 Å². The molecule has 0 unspecified atom stereocenters. The molecule has 94 valence electrons. The van der Waals surface area contributed by atoms with Crippen LogP contribution in [0.4, 0.5) is 20.2 Å². The molecule has 0 saturated carbocycles. The van der Waals surface area contributed by atoms with Crippen molar-refractivity contribution in [3.05, 3.63) is 33.9 Å². The van der Waals surface area contributed by atoms with Crippen LogP contribution in [0, 0.1) is 21.4 Å². The molecule has 1 fully saturated rings. The molecule has 0 bridgehead atoms. The van der Waals surface area contributed by atoms with Crippen molar-refractivity contribution in [1.82, 2.24) is 0 Å². The van der Waals surface area contributed by atoms with Gasteiger partial charge in [0.1, 0.15) is 5.69 Å². The third-order valence-corrected chi connectivity index (χ3v) is 2.81. The van der Waals surface area contributed by atoms with Gasteiger partial charge in [0.2, 0.25) is 0 Å². The van der Waals surface area contributed by atoms with Gasteiger partial charge >= 0.3 is 0 Å². The Morgan fingerprint density at radius 1 is 1.50 bits per heavy atom. The van der Waals surface area contributed by atoms with E-state index in [9.17, 15) is 18.9 Å². The summed E-state index contributed by atoms with van der Waals surface area (Å²) >= 11 is 0.